The molecular formula is C24H31N5O5. The molecule has 2 saturated heterocycles. The van der Waals surface area contributed by atoms with Crippen LogP contribution >= 0.6 is 0 Å². The minimum Gasteiger partial charge on any atom is -0.480 e. The van der Waals surface area contributed by atoms with E-state index in [-0.39, 0.29) is 12.1 Å². The molecule has 0 aliphatic carbocycles. The predicted molar refractivity (Wildman–Crippen MR) is 126 cm³/mol. The lowest BCUT2D eigenvalue weighted by Crippen LogP contribution is -2.52. The van der Waals surface area contributed by atoms with Crippen molar-refractivity contribution in [1.29, 1.82) is 0 Å². The molecule has 2 aromatic rings. The number of furan rings is 1. The van der Waals surface area contributed by atoms with Crippen LogP contribution in [0.2, 0.25) is 0 Å². The number of carbonyl (C=O) groups is 3. The lowest BCUT2D eigenvalue weighted by molar-refractivity contribution is -0.139. The SMILES string of the molecule is O=C(NC[C@H](NC(=O)c1ccoc1)C(=O)O)c1ccc(N2CCN(C3CCNCC3)CC2)cc1. The van der Waals surface area contributed by atoms with E-state index in [9.17, 15) is 19.5 Å². The molecule has 182 valence electrons. The van der Waals surface area contributed by atoms with E-state index in [1.807, 2.05) is 12.1 Å². The van der Waals surface area contributed by atoms with Gasteiger partial charge in [-0.05, 0) is 56.3 Å². The molecule has 0 spiro atoms. The van der Waals surface area contributed by atoms with E-state index in [1.165, 1.54) is 31.4 Å². The summed E-state index contributed by atoms with van der Waals surface area (Å²) in [5, 5.41) is 17.8. The van der Waals surface area contributed by atoms with Crippen LogP contribution in [0.25, 0.3) is 0 Å². The van der Waals surface area contributed by atoms with Crippen molar-refractivity contribution in [3.63, 3.8) is 0 Å². The second-order valence-corrected chi connectivity index (χ2v) is 8.64. The quantitative estimate of drug-likeness (QED) is 0.447. The number of hydrogen-bond donors (Lipinski definition) is 4. The largest absolute Gasteiger partial charge is 0.480 e. The molecule has 1 aromatic carbocycles. The van der Waals surface area contributed by atoms with E-state index in [2.05, 4.69) is 25.8 Å². The summed E-state index contributed by atoms with van der Waals surface area (Å²) in [4.78, 5) is 41.0. The molecule has 10 heteroatoms. The van der Waals surface area contributed by atoms with Crippen LogP contribution < -0.4 is 20.9 Å². The summed E-state index contributed by atoms with van der Waals surface area (Å²) in [5.74, 6) is -2.22. The fraction of sp³-hybridized carbons (Fsp3) is 0.458. The van der Waals surface area contributed by atoms with Gasteiger partial charge in [-0.25, -0.2) is 4.79 Å². The van der Waals surface area contributed by atoms with Crippen molar-refractivity contribution in [2.45, 2.75) is 24.9 Å². The Hall–Kier alpha value is -3.37. The van der Waals surface area contributed by atoms with Crippen LogP contribution in [0.3, 0.4) is 0 Å². The van der Waals surface area contributed by atoms with E-state index in [0.29, 0.717) is 11.6 Å². The van der Waals surface area contributed by atoms with Crippen molar-refractivity contribution in [1.82, 2.24) is 20.9 Å². The lowest BCUT2D eigenvalue weighted by atomic mass is 10.0. The normalized spacial score (nSPS) is 18.3. The Morgan fingerprint density at radius 1 is 1.00 bits per heavy atom. The first kappa shape index (κ1) is 23.8. The molecule has 10 nitrogen and oxygen atoms in total. The molecule has 2 amide bonds. The second-order valence-electron chi connectivity index (χ2n) is 8.64. The van der Waals surface area contributed by atoms with Gasteiger partial charge in [-0.1, -0.05) is 0 Å². The van der Waals surface area contributed by atoms with E-state index < -0.39 is 23.8 Å². The summed E-state index contributed by atoms with van der Waals surface area (Å²) < 4.78 is 4.83. The van der Waals surface area contributed by atoms with Gasteiger partial charge in [0, 0.05) is 50.0 Å². The summed E-state index contributed by atoms with van der Waals surface area (Å²) in [6, 6.07) is 8.17. The van der Waals surface area contributed by atoms with Gasteiger partial charge in [0.2, 0.25) is 0 Å². The number of amides is 2. The molecule has 2 fully saturated rings. The van der Waals surface area contributed by atoms with Crippen LogP contribution in [-0.4, -0.2) is 85.7 Å². The number of carboxylic acid groups (broad SMARTS) is 1. The minimum atomic E-state index is -1.26. The highest BCUT2D eigenvalue weighted by atomic mass is 16.4. The highest BCUT2D eigenvalue weighted by molar-refractivity contribution is 5.97. The van der Waals surface area contributed by atoms with Gasteiger partial charge in [-0.3, -0.25) is 14.5 Å². The number of carboxylic acids is 1. The molecule has 0 bridgehead atoms. The number of anilines is 1. The highest BCUT2D eigenvalue weighted by Crippen LogP contribution is 2.20. The predicted octanol–water partition coefficient (Wildman–Crippen LogP) is 0.767. The Balaban J connectivity index is 1.26. The zero-order chi connectivity index (χ0) is 23.9. The van der Waals surface area contributed by atoms with Gasteiger partial charge in [0.1, 0.15) is 12.3 Å². The number of rotatable bonds is 8. The van der Waals surface area contributed by atoms with Gasteiger partial charge >= 0.3 is 5.97 Å². The van der Waals surface area contributed by atoms with Crippen molar-refractivity contribution in [3.05, 3.63) is 54.0 Å². The third-order valence-corrected chi connectivity index (χ3v) is 6.49. The van der Waals surface area contributed by atoms with Crippen LogP contribution in [0.4, 0.5) is 5.69 Å². The summed E-state index contributed by atoms with van der Waals surface area (Å²) in [5.41, 5.74) is 1.71. The Kier molecular flexibility index (Phi) is 7.81. The first-order valence-electron chi connectivity index (χ1n) is 11.6. The Morgan fingerprint density at radius 3 is 2.32 bits per heavy atom. The van der Waals surface area contributed by atoms with Crippen molar-refractivity contribution in [3.8, 4) is 0 Å². The highest BCUT2D eigenvalue weighted by Gasteiger charge is 2.25. The standard InChI is InChI=1S/C24H31N5O5/c30-22(26-15-21(24(32)33)27-23(31)18-7-14-34-16-18)17-1-3-19(4-2-17)28-10-12-29(13-11-28)20-5-8-25-9-6-20/h1-4,7,14,16,20-21,25H,5-6,8-13,15H2,(H,26,30)(H,27,31)(H,32,33)/t21-/m0/s1. The zero-order valence-electron chi connectivity index (χ0n) is 19.0. The first-order chi connectivity index (χ1) is 16.5. The number of piperidine rings is 1. The molecule has 3 heterocycles. The summed E-state index contributed by atoms with van der Waals surface area (Å²) in [7, 11) is 0. The fourth-order valence-corrected chi connectivity index (χ4v) is 4.47. The van der Waals surface area contributed by atoms with E-state index in [1.54, 1.807) is 12.1 Å². The Labute approximate surface area is 198 Å². The van der Waals surface area contributed by atoms with E-state index in [4.69, 9.17) is 4.42 Å². The monoisotopic (exact) mass is 469 g/mol. The molecular weight excluding hydrogens is 438 g/mol. The van der Waals surface area contributed by atoms with Gasteiger partial charge in [0.15, 0.2) is 0 Å². The molecule has 0 unspecified atom stereocenters. The third-order valence-electron chi connectivity index (χ3n) is 6.49. The van der Waals surface area contributed by atoms with Crippen molar-refractivity contribution < 1.29 is 23.9 Å². The molecule has 4 N–H and O–H groups in total. The van der Waals surface area contributed by atoms with Crippen molar-refractivity contribution >= 4 is 23.5 Å². The van der Waals surface area contributed by atoms with Gasteiger partial charge < -0.3 is 30.4 Å². The zero-order valence-corrected chi connectivity index (χ0v) is 19.0. The maximum Gasteiger partial charge on any atom is 0.328 e. The third kappa shape index (κ3) is 5.95. The number of aliphatic carboxylic acids is 1. The van der Waals surface area contributed by atoms with Gasteiger partial charge in [0.05, 0.1) is 11.8 Å². The summed E-state index contributed by atoms with van der Waals surface area (Å²) >= 11 is 0. The molecule has 4 rings (SSSR count). The maximum atomic E-state index is 12.5. The topological polar surface area (TPSA) is 127 Å². The lowest BCUT2D eigenvalue weighted by Gasteiger charge is -2.41. The van der Waals surface area contributed by atoms with Crippen LogP contribution in [0, 0.1) is 0 Å². The summed E-state index contributed by atoms with van der Waals surface area (Å²) in [6.45, 7) is 5.93. The van der Waals surface area contributed by atoms with Crippen molar-refractivity contribution in [2.24, 2.45) is 0 Å². The molecule has 0 saturated carbocycles. The van der Waals surface area contributed by atoms with Gasteiger partial charge in [-0.2, -0.15) is 0 Å². The number of carbonyl (C=O) groups excluding carboxylic acids is 2. The minimum absolute atomic E-state index is 0.213. The van der Waals surface area contributed by atoms with Crippen LogP contribution in [0.15, 0.2) is 47.3 Å². The number of hydrogen-bond acceptors (Lipinski definition) is 7. The maximum absolute atomic E-state index is 12.5. The number of nitrogens with one attached hydrogen (secondary N) is 3. The second kappa shape index (κ2) is 11.2. The molecule has 1 atom stereocenters. The molecule has 1 aromatic heterocycles. The molecule has 2 aliphatic rings. The number of nitrogens with zero attached hydrogens (tertiary/aromatic N) is 2. The van der Waals surface area contributed by atoms with Crippen LogP contribution in [0.5, 0.6) is 0 Å². The molecule has 34 heavy (non-hydrogen) atoms. The van der Waals surface area contributed by atoms with Crippen LogP contribution in [0.1, 0.15) is 33.6 Å². The fourth-order valence-electron chi connectivity index (χ4n) is 4.47. The summed E-state index contributed by atoms with van der Waals surface area (Å²) in [6.07, 6.45) is 4.96. The van der Waals surface area contributed by atoms with Crippen molar-refractivity contribution in [2.75, 3.05) is 50.7 Å². The molecule has 2 aliphatic heterocycles. The van der Waals surface area contributed by atoms with Gasteiger partial charge in [0.25, 0.3) is 11.8 Å². The Morgan fingerprint density at radius 2 is 1.71 bits per heavy atom. The van der Waals surface area contributed by atoms with Crippen LogP contribution in [-0.2, 0) is 4.79 Å². The van der Waals surface area contributed by atoms with E-state index >= 15 is 0 Å². The first-order valence-corrected chi connectivity index (χ1v) is 11.6. The number of benzene rings is 1. The average Bonchev–Trinajstić information content (AvgIpc) is 3.42. The average molecular weight is 470 g/mol. The Bertz CT molecular complexity index is 964. The van der Waals surface area contributed by atoms with E-state index in [0.717, 1.165) is 45.0 Å². The van der Waals surface area contributed by atoms with Gasteiger partial charge in [-0.15, -0.1) is 0 Å². The molecule has 0 radical (unpaired) electrons. The number of piperazine rings is 1. The smallest absolute Gasteiger partial charge is 0.328 e.